The molecule has 0 saturated carbocycles. The lowest BCUT2D eigenvalue weighted by atomic mass is 10.1. The van der Waals surface area contributed by atoms with E-state index < -0.39 is 0 Å². The van der Waals surface area contributed by atoms with E-state index in [9.17, 15) is 0 Å². The van der Waals surface area contributed by atoms with Crippen LogP contribution in [-0.4, -0.2) is 4.98 Å². The van der Waals surface area contributed by atoms with Gasteiger partial charge in [-0.15, -0.1) is 0 Å². The number of pyridine rings is 1. The molecule has 1 heteroatoms. The third kappa shape index (κ3) is 0.967. The van der Waals surface area contributed by atoms with Gasteiger partial charge in [-0.05, 0) is 42.5 Å². The Bertz CT molecular complexity index is 313. The minimum absolute atomic E-state index is 1.08. The topological polar surface area (TPSA) is 12.9 Å². The van der Waals surface area contributed by atoms with Crippen LogP contribution in [0.5, 0.6) is 0 Å². The summed E-state index contributed by atoms with van der Waals surface area (Å²) in [5.74, 6) is 0. The summed E-state index contributed by atoms with van der Waals surface area (Å²) in [6.45, 7) is 6.06. The molecule has 0 spiro atoms. The first kappa shape index (κ1) is 6.59. The van der Waals surface area contributed by atoms with Gasteiger partial charge in [0.15, 0.2) is 0 Å². The number of hydrogen-bond acceptors (Lipinski definition) is 1. The van der Waals surface area contributed by atoms with Crippen molar-refractivity contribution in [1.82, 2.24) is 4.98 Å². The largest absolute Gasteiger partial charge is 0.260 e. The highest BCUT2D eigenvalue weighted by Gasteiger charge is 2.14. The number of aryl methyl sites for hydroxylation is 2. The average Bonchev–Trinajstić information content (AvgIpc) is 2.33. The molecule has 1 heterocycles. The van der Waals surface area contributed by atoms with Crippen LogP contribution in [-0.2, 0) is 6.42 Å². The fraction of sp³-hybridized carbons (Fsp3) is 0.300. The Morgan fingerprint density at radius 2 is 2.27 bits per heavy atom. The molecule has 1 aliphatic carbocycles. The van der Waals surface area contributed by atoms with Gasteiger partial charge in [-0.25, -0.2) is 0 Å². The molecule has 1 aromatic rings. The molecule has 0 unspecified atom stereocenters. The van der Waals surface area contributed by atoms with Crippen LogP contribution in [0.2, 0.25) is 0 Å². The van der Waals surface area contributed by atoms with Gasteiger partial charge in [-0.1, -0.05) is 6.58 Å². The number of nitrogens with zero attached hydrogens (tertiary/aromatic N) is 1. The summed E-state index contributed by atoms with van der Waals surface area (Å²) < 4.78 is 0. The van der Waals surface area contributed by atoms with Gasteiger partial charge in [0.25, 0.3) is 0 Å². The zero-order valence-corrected chi connectivity index (χ0v) is 6.72. The van der Waals surface area contributed by atoms with Gasteiger partial charge in [0, 0.05) is 11.9 Å². The Morgan fingerprint density at radius 1 is 1.45 bits per heavy atom. The van der Waals surface area contributed by atoms with Gasteiger partial charge in [0.2, 0.25) is 0 Å². The predicted octanol–water partition coefficient (Wildman–Crippen LogP) is 2.35. The molecule has 56 valence electrons. The van der Waals surface area contributed by atoms with Gasteiger partial charge in [-0.2, -0.15) is 0 Å². The van der Waals surface area contributed by atoms with E-state index in [0.29, 0.717) is 0 Å². The summed E-state index contributed by atoms with van der Waals surface area (Å²) in [4.78, 5) is 4.35. The molecule has 1 aliphatic rings. The van der Waals surface area contributed by atoms with Crippen molar-refractivity contribution < 1.29 is 0 Å². The van der Waals surface area contributed by atoms with Gasteiger partial charge in [0.05, 0.1) is 0 Å². The summed E-state index contributed by atoms with van der Waals surface area (Å²) in [7, 11) is 0. The van der Waals surface area contributed by atoms with E-state index in [2.05, 4.69) is 24.6 Å². The monoisotopic (exact) mass is 145 g/mol. The van der Waals surface area contributed by atoms with Crippen molar-refractivity contribution in [1.29, 1.82) is 0 Å². The molecule has 1 aromatic heterocycles. The Labute approximate surface area is 66.8 Å². The standard InChI is InChI=1S/C10H11N/c1-7-5-9-8(2)3-4-10(9)11-6-7/h5-6H,2-4H2,1H3. The number of allylic oxidation sites excluding steroid dienone is 1. The normalized spacial score (nSPS) is 15.2. The van der Waals surface area contributed by atoms with Crippen molar-refractivity contribution in [2.75, 3.05) is 0 Å². The number of fused-ring (bicyclic) bond motifs is 1. The molecule has 1 nitrogen and oxygen atoms in total. The van der Waals surface area contributed by atoms with Crippen molar-refractivity contribution in [2.45, 2.75) is 19.8 Å². The maximum Gasteiger partial charge on any atom is 0.0481 e. The molecule has 0 bridgehead atoms. The van der Waals surface area contributed by atoms with E-state index >= 15 is 0 Å². The zero-order chi connectivity index (χ0) is 7.84. The number of rotatable bonds is 0. The lowest BCUT2D eigenvalue weighted by Gasteiger charge is -1.98. The second-order valence-corrected chi connectivity index (χ2v) is 3.11. The van der Waals surface area contributed by atoms with Crippen molar-refractivity contribution >= 4 is 5.57 Å². The predicted molar refractivity (Wildman–Crippen MR) is 46.3 cm³/mol. The van der Waals surface area contributed by atoms with Gasteiger partial charge < -0.3 is 0 Å². The fourth-order valence-electron chi connectivity index (χ4n) is 1.51. The van der Waals surface area contributed by atoms with Crippen LogP contribution in [0.25, 0.3) is 5.57 Å². The van der Waals surface area contributed by atoms with Crippen LogP contribution in [0.3, 0.4) is 0 Å². The first-order chi connectivity index (χ1) is 5.27. The van der Waals surface area contributed by atoms with Crippen LogP contribution < -0.4 is 0 Å². The van der Waals surface area contributed by atoms with E-state index in [1.165, 1.54) is 22.4 Å². The Balaban J connectivity index is 2.60. The van der Waals surface area contributed by atoms with Crippen molar-refractivity contribution in [2.24, 2.45) is 0 Å². The van der Waals surface area contributed by atoms with Crippen molar-refractivity contribution in [3.05, 3.63) is 35.7 Å². The summed E-state index contributed by atoms with van der Waals surface area (Å²) in [5.41, 5.74) is 4.98. The number of aromatic nitrogens is 1. The quantitative estimate of drug-likeness (QED) is 0.546. The average molecular weight is 145 g/mol. The minimum Gasteiger partial charge on any atom is -0.260 e. The summed E-state index contributed by atoms with van der Waals surface area (Å²) in [6, 6.07) is 2.18. The van der Waals surface area contributed by atoms with E-state index in [4.69, 9.17) is 0 Å². The molecule has 0 fully saturated rings. The molecule has 0 aliphatic heterocycles. The lowest BCUT2D eigenvalue weighted by molar-refractivity contribution is 1.01. The molecule has 0 N–H and O–H groups in total. The van der Waals surface area contributed by atoms with Crippen molar-refractivity contribution in [3.63, 3.8) is 0 Å². The molecule has 0 radical (unpaired) electrons. The fourth-order valence-corrected chi connectivity index (χ4v) is 1.51. The third-order valence-electron chi connectivity index (χ3n) is 2.15. The van der Waals surface area contributed by atoms with Crippen LogP contribution in [0.4, 0.5) is 0 Å². The van der Waals surface area contributed by atoms with Crippen molar-refractivity contribution in [3.8, 4) is 0 Å². The van der Waals surface area contributed by atoms with E-state index in [0.717, 1.165) is 12.8 Å². The van der Waals surface area contributed by atoms with Crippen LogP contribution in [0, 0.1) is 6.92 Å². The molecule has 0 amide bonds. The van der Waals surface area contributed by atoms with Crippen LogP contribution >= 0.6 is 0 Å². The zero-order valence-electron chi connectivity index (χ0n) is 6.72. The molecule has 0 atom stereocenters. The highest BCUT2D eigenvalue weighted by Crippen LogP contribution is 2.29. The highest BCUT2D eigenvalue weighted by molar-refractivity contribution is 5.69. The molecule has 11 heavy (non-hydrogen) atoms. The summed E-state index contributed by atoms with van der Waals surface area (Å²) in [6.07, 6.45) is 4.09. The summed E-state index contributed by atoms with van der Waals surface area (Å²) >= 11 is 0. The Kier molecular flexibility index (Phi) is 1.31. The van der Waals surface area contributed by atoms with E-state index in [1.807, 2.05) is 6.20 Å². The Hall–Kier alpha value is -1.11. The van der Waals surface area contributed by atoms with Gasteiger partial charge in [-0.3, -0.25) is 4.98 Å². The second kappa shape index (κ2) is 2.19. The number of hydrogen-bond donors (Lipinski definition) is 0. The maximum atomic E-state index is 4.35. The SMILES string of the molecule is C=C1CCc2ncc(C)cc21. The van der Waals surface area contributed by atoms with Gasteiger partial charge in [0.1, 0.15) is 0 Å². The van der Waals surface area contributed by atoms with Crippen LogP contribution in [0.15, 0.2) is 18.8 Å². The smallest absolute Gasteiger partial charge is 0.0481 e. The molecule has 2 rings (SSSR count). The first-order valence-corrected chi connectivity index (χ1v) is 3.91. The van der Waals surface area contributed by atoms with Gasteiger partial charge >= 0.3 is 0 Å². The summed E-state index contributed by atoms with van der Waals surface area (Å²) in [5, 5.41) is 0. The highest BCUT2D eigenvalue weighted by atomic mass is 14.7. The van der Waals surface area contributed by atoms with Crippen LogP contribution in [0.1, 0.15) is 23.2 Å². The second-order valence-electron chi connectivity index (χ2n) is 3.11. The molecule has 0 aromatic carbocycles. The molecule has 0 saturated heterocycles. The molecular weight excluding hydrogens is 134 g/mol. The third-order valence-corrected chi connectivity index (χ3v) is 2.15. The van der Waals surface area contributed by atoms with E-state index in [1.54, 1.807) is 0 Å². The molecular formula is C10H11N. The maximum absolute atomic E-state index is 4.35. The lowest BCUT2D eigenvalue weighted by Crippen LogP contribution is -1.87. The Morgan fingerprint density at radius 3 is 3.09 bits per heavy atom. The first-order valence-electron chi connectivity index (χ1n) is 3.91. The van der Waals surface area contributed by atoms with E-state index in [-0.39, 0.29) is 0 Å². The minimum atomic E-state index is 1.08.